The summed E-state index contributed by atoms with van der Waals surface area (Å²) in [5.74, 6) is 0.724. The Morgan fingerprint density at radius 2 is 2.12 bits per heavy atom. The molecule has 84 valence electrons. The van der Waals surface area contributed by atoms with Crippen LogP contribution in [-0.2, 0) is 6.42 Å². The van der Waals surface area contributed by atoms with Crippen LogP contribution in [0, 0.1) is 6.92 Å². The minimum absolute atomic E-state index is 0.178. The van der Waals surface area contributed by atoms with E-state index in [2.05, 4.69) is 4.98 Å². The topological polar surface area (TPSA) is 52.0 Å². The molecule has 1 aromatic heterocycles. The van der Waals surface area contributed by atoms with Crippen LogP contribution in [0.1, 0.15) is 17.0 Å². The van der Waals surface area contributed by atoms with E-state index in [-0.39, 0.29) is 6.01 Å². The van der Waals surface area contributed by atoms with Crippen molar-refractivity contribution in [3.8, 4) is 0 Å². The number of hydrogen-bond donors (Lipinski definition) is 1. The van der Waals surface area contributed by atoms with Crippen LogP contribution >= 0.6 is 23.2 Å². The van der Waals surface area contributed by atoms with Crippen LogP contribution in [0.5, 0.6) is 0 Å². The van der Waals surface area contributed by atoms with Crippen LogP contribution in [0.4, 0.5) is 6.01 Å². The minimum Gasteiger partial charge on any atom is -0.428 e. The molecule has 0 bridgehead atoms. The van der Waals surface area contributed by atoms with Crippen LogP contribution in [0.2, 0.25) is 10.0 Å². The maximum atomic E-state index is 6.06. The first kappa shape index (κ1) is 11.3. The van der Waals surface area contributed by atoms with Crippen LogP contribution in [0.25, 0.3) is 0 Å². The fourth-order valence-corrected chi connectivity index (χ4v) is 1.93. The van der Waals surface area contributed by atoms with E-state index in [1.165, 1.54) is 0 Å². The molecule has 0 spiro atoms. The largest absolute Gasteiger partial charge is 0.428 e. The predicted octanol–water partition coefficient (Wildman–Crippen LogP) is 3.46. The number of nitrogens with zero attached hydrogens (tertiary/aromatic N) is 1. The Kier molecular flexibility index (Phi) is 3.08. The van der Waals surface area contributed by atoms with Gasteiger partial charge in [0.05, 0.1) is 5.69 Å². The average Bonchev–Trinajstić information content (AvgIpc) is 2.50. The lowest BCUT2D eigenvalue weighted by Gasteiger charge is -2.02. The number of aromatic nitrogens is 1. The van der Waals surface area contributed by atoms with Gasteiger partial charge < -0.3 is 10.2 Å². The second-order valence-electron chi connectivity index (χ2n) is 3.47. The van der Waals surface area contributed by atoms with Crippen molar-refractivity contribution in [1.82, 2.24) is 4.98 Å². The van der Waals surface area contributed by atoms with Crippen molar-refractivity contribution in [3.05, 3.63) is 45.3 Å². The molecular weight excluding hydrogens is 247 g/mol. The average molecular weight is 257 g/mol. The van der Waals surface area contributed by atoms with E-state index in [0.717, 1.165) is 17.0 Å². The smallest absolute Gasteiger partial charge is 0.292 e. The maximum absolute atomic E-state index is 6.06. The molecule has 0 aliphatic heterocycles. The lowest BCUT2D eigenvalue weighted by Crippen LogP contribution is -1.90. The number of hydrogen-bond acceptors (Lipinski definition) is 3. The van der Waals surface area contributed by atoms with Gasteiger partial charge in [-0.2, -0.15) is 4.98 Å². The van der Waals surface area contributed by atoms with Crippen molar-refractivity contribution in [2.24, 2.45) is 0 Å². The number of rotatable bonds is 2. The van der Waals surface area contributed by atoms with Crippen LogP contribution in [-0.4, -0.2) is 4.98 Å². The molecule has 1 heterocycles. The molecule has 0 aliphatic carbocycles. The van der Waals surface area contributed by atoms with Gasteiger partial charge in [-0.15, -0.1) is 0 Å². The number of oxazole rings is 1. The maximum Gasteiger partial charge on any atom is 0.292 e. The van der Waals surface area contributed by atoms with Gasteiger partial charge in [0.15, 0.2) is 0 Å². The van der Waals surface area contributed by atoms with Crippen molar-refractivity contribution >= 4 is 29.2 Å². The van der Waals surface area contributed by atoms with Gasteiger partial charge in [0.2, 0.25) is 0 Å². The summed E-state index contributed by atoms with van der Waals surface area (Å²) in [5, 5.41) is 1.23. The van der Waals surface area contributed by atoms with Gasteiger partial charge in [0, 0.05) is 16.5 Å². The van der Waals surface area contributed by atoms with E-state index < -0.39 is 0 Å². The summed E-state index contributed by atoms with van der Waals surface area (Å²) < 4.78 is 5.28. The highest BCUT2D eigenvalue weighted by molar-refractivity contribution is 6.35. The lowest BCUT2D eigenvalue weighted by molar-refractivity contribution is 0.532. The highest BCUT2D eigenvalue weighted by atomic mass is 35.5. The van der Waals surface area contributed by atoms with E-state index in [9.17, 15) is 0 Å². The molecule has 2 aromatic rings. The number of halogens is 2. The molecule has 3 nitrogen and oxygen atoms in total. The van der Waals surface area contributed by atoms with Gasteiger partial charge in [-0.25, -0.2) is 0 Å². The quantitative estimate of drug-likeness (QED) is 0.896. The van der Waals surface area contributed by atoms with E-state index in [1.54, 1.807) is 12.1 Å². The van der Waals surface area contributed by atoms with Gasteiger partial charge in [0.1, 0.15) is 5.76 Å². The Hall–Kier alpha value is -1.19. The van der Waals surface area contributed by atoms with E-state index in [1.807, 2.05) is 13.0 Å². The van der Waals surface area contributed by atoms with Crippen molar-refractivity contribution in [2.45, 2.75) is 13.3 Å². The van der Waals surface area contributed by atoms with Crippen LogP contribution < -0.4 is 5.73 Å². The van der Waals surface area contributed by atoms with Gasteiger partial charge in [-0.05, 0) is 24.6 Å². The van der Waals surface area contributed by atoms with Gasteiger partial charge in [-0.3, -0.25) is 0 Å². The van der Waals surface area contributed by atoms with Crippen molar-refractivity contribution in [1.29, 1.82) is 0 Å². The van der Waals surface area contributed by atoms with Crippen molar-refractivity contribution in [2.75, 3.05) is 5.73 Å². The lowest BCUT2D eigenvalue weighted by atomic mass is 10.1. The molecule has 0 saturated carbocycles. The third kappa shape index (κ3) is 2.31. The zero-order valence-electron chi connectivity index (χ0n) is 8.63. The summed E-state index contributed by atoms with van der Waals surface area (Å²) >= 11 is 11.9. The summed E-state index contributed by atoms with van der Waals surface area (Å²) in [7, 11) is 0. The molecule has 0 aliphatic rings. The first-order chi connectivity index (χ1) is 7.56. The first-order valence-electron chi connectivity index (χ1n) is 4.72. The van der Waals surface area contributed by atoms with E-state index >= 15 is 0 Å². The second kappa shape index (κ2) is 4.36. The normalized spacial score (nSPS) is 10.7. The summed E-state index contributed by atoms with van der Waals surface area (Å²) in [5.41, 5.74) is 7.18. The van der Waals surface area contributed by atoms with E-state index in [0.29, 0.717) is 16.5 Å². The number of benzene rings is 1. The van der Waals surface area contributed by atoms with Crippen LogP contribution in [0.3, 0.4) is 0 Å². The molecule has 0 fully saturated rings. The molecule has 1 aromatic carbocycles. The molecular formula is C11H10Cl2N2O. The summed E-state index contributed by atoms with van der Waals surface area (Å²) in [6, 6.07) is 5.53. The van der Waals surface area contributed by atoms with E-state index in [4.69, 9.17) is 33.4 Å². The van der Waals surface area contributed by atoms with Gasteiger partial charge in [-0.1, -0.05) is 29.3 Å². The molecule has 0 atom stereocenters. The number of nitrogen functional groups attached to an aromatic ring is 1. The molecule has 0 amide bonds. The SMILES string of the molecule is Cc1nc(N)oc1Cc1ccc(Cl)cc1Cl. The Labute approximate surface area is 103 Å². The standard InChI is InChI=1S/C11H10Cl2N2O/c1-6-10(16-11(14)15-6)4-7-2-3-8(12)5-9(7)13/h2-3,5H,4H2,1H3,(H2,14,15). The zero-order valence-corrected chi connectivity index (χ0v) is 10.1. The third-order valence-electron chi connectivity index (χ3n) is 2.28. The Bertz CT molecular complexity index is 523. The highest BCUT2D eigenvalue weighted by Gasteiger charge is 2.10. The molecule has 0 radical (unpaired) electrons. The number of aryl methyl sites for hydroxylation is 1. The van der Waals surface area contributed by atoms with Gasteiger partial charge in [0.25, 0.3) is 6.01 Å². The third-order valence-corrected chi connectivity index (χ3v) is 2.86. The Morgan fingerprint density at radius 3 is 2.69 bits per heavy atom. The number of anilines is 1. The fraction of sp³-hybridized carbons (Fsp3) is 0.182. The first-order valence-corrected chi connectivity index (χ1v) is 5.47. The fourth-order valence-electron chi connectivity index (χ4n) is 1.45. The summed E-state index contributed by atoms with van der Waals surface area (Å²) in [6.07, 6.45) is 0.562. The molecule has 0 saturated heterocycles. The molecule has 5 heteroatoms. The van der Waals surface area contributed by atoms with Crippen molar-refractivity contribution in [3.63, 3.8) is 0 Å². The molecule has 0 unspecified atom stereocenters. The molecule has 2 N–H and O–H groups in total. The predicted molar refractivity (Wildman–Crippen MR) is 64.9 cm³/mol. The highest BCUT2D eigenvalue weighted by Crippen LogP contribution is 2.25. The van der Waals surface area contributed by atoms with Crippen LogP contribution in [0.15, 0.2) is 22.6 Å². The molecule has 16 heavy (non-hydrogen) atoms. The Morgan fingerprint density at radius 1 is 1.38 bits per heavy atom. The Balaban J connectivity index is 2.30. The zero-order chi connectivity index (χ0) is 11.7. The van der Waals surface area contributed by atoms with Crippen molar-refractivity contribution < 1.29 is 4.42 Å². The monoisotopic (exact) mass is 256 g/mol. The number of nitrogens with two attached hydrogens (primary N) is 1. The summed E-state index contributed by atoms with van der Waals surface area (Å²) in [4.78, 5) is 4.00. The van der Waals surface area contributed by atoms with Gasteiger partial charge >= 0.3 is 0 Å². The second-order valence-corrected chi connectivity index (χ2v) is 4.32. The minimum atomic E-state index is 0.178. The summed E-state index contributed by atoms with van der Waals surface area (Å²) in [6.45, 7) is 1.85. The molecule has 2 rings (SSSR count).